The molecule has 0 aliphatic carbocycles. The summed E-state index contributed by atoms with van der Waals surface area (Å²) in [5.74, 6) is -0.171. The van der Waals surface area contributed by atoms with E-state index in [2.05, 4.69) is 4.90 Å². The summed E-state index contributed by atoms with van der Waals surface area (Å²) in [5, 5.41) is 11.5. The molecular formula is C24H28N4O4. The van der Waals surface area contributed by atoms with Crippen LogP contribution in [0.3, 0.4) is 0 Å². The number of amides is 2. The third-order valence-electron chi connectivity index (χ3n) is 6.40. The van der Waals surface area contributed by atoms with Gasteiger partial charge in [-0.15, -0.1) is 0 Å². The van der Waals surface area contributed by atoms with Gasteiger partial charge in [0.15, 0.2) is 0 Å². The number of piperazine rings is 1. The lowest BCUT2D eigenvalue weighted by atomic mass is 10.0. The van der Waals surface area contributed by atoms with Gasteiger partial charge < -0.3 is 14.7 Å². The molecule has 0 N–H and O–H groups in total. The lowest BCUT2D eigenvalue weighted by molar-refractivity contribution is -0.385. The molecule has 2 aromatic rings. The first-order valence-electron chi connectivity index (χ1n) is 11.1. The van der Waals surface area contributed by atoms with Crippen molar-refractivity contribution in [3.8, 4) is 0 Å². The largest absolute Gasteiger partial charge is 0.368 e. The smallest absolute Gasteiger partial charge is 0.282 e. The fraction of sp³-hybridized carbons (Fsp3) is 0.417. The van der Waals surface area contributed by atoms with Crippen molar-refractivity contribution in [3.63, 3.8) is 0 Å². The molecule has 2 fully saturated rings. The van der Waals surface area contributed by atoms with Crippen LogP contribution < -0.4 is 4.90 Å². The van der Waals surface area contributed by atoms with Gasteiger partial charge in [0, 0.05) is 51.0 Å². The summed E-state index contributed by atoms with van der Waals surface area (Å²) in [6.45, 7) is 5.69. The summed E-state index contributed by atoms with van der Waals surface area (Å²) in [4.78, 5) is 42.3. The quantitative estimate of drug-likeness (QED) is 0.531. The predicted molar refractivity (Wildman–Crippen MR) is 122 cm³/mol. The number of nitro benzene ring substituents is 1. The van der Waals surface area contributed by atoms with E-state index in [1.807, 2.05) is 36.1 Å². The summed E-state index contributed by atoms with van der Waals surface area (Å²) in [6.07, 6.45) is 2.24. The van der Waals surface area contributed by atoms with Crippen molar-refractivity contribution in [1.82, 2.24) is 9.80 Å². The average Bonchev–Trinajstić information content (AvgIpc) is 3.35. The van der Waals surface area contributed by atoms with E-state index >= 15 is 0 Å². The number of carbonyl (C=O) groups excluding carboxylic acids is 2. The third kappa shape index (κ3) is 4.59. The highest BCUT2D eigenvalue weighted by Gasteiger charge is 2.29. The molecule has 2 amide bonds. The van der Waals surface area contributed by atoms with Gasteiger partial charge >= 0.3 is 0 Å². The Morgan fingerprint density at radius 2 is 1.62 bits per heavy atom. The van der Waals surface area contributed by atoms with E-state index in [0.717, 1.165) is 29.7 Å². The Bertz CT molecular complexity index is 1020. The van der Waals surface area contributed by atoms with E-state index in [4.69, 9.17) is 0 Å². The summed E-state index contributed by atoms with van der Waals surface area (Å²) < 4.78 is 0. The van der Waals surface area contributed by atoms with Crippen LogP contribution in [0.1, 0.15) is 34.3 Å². The fourth-order valence-electron chi connectivity index (χ4n) is 4.44. The number of carbonyl (C=O) groups is 2. The fourth-order valence-corrected chi connectivity index (χ4v) is 4.44. The molecule has 2 aromatic carbocycles. The Morgan fingerprint density at radius 1 is 0.938 bits per heavy atom. The monoisotopic (exact) mass is 436 g/mol. The van der Waals surface area contributed by atoms with Crippen LogP contribution in [-0.2, 0) is 11.2 Å². The zero-order valence-corrected chi connectivity index (χ0v) is 18.3. The summed E-state index contributed by atoms with van der Waals surface area (Å²) >= 11 is 0. The van der Waals surface area contributed by atoms with Gasteiger partial charge in [0.1, 0.15) is 5.56 Å². The van der Waals surface area contributed by atoms with E-state index in [1.54, 1.807) is 17.0 Å². The molecule has 0 saturated carbocycles. The summed E-state index contributed by atoms with van der Waals surface area (Å²) in [7, 11) is 0. The molecular weight excluding hydrogens is 408 g/mol. The minimum Gasteiger partial charge on any atom is -0.368 e. The Morgan fingerprint density at radius 3 is 2.28 bits per heavy atom. The number of hydrogen-bond acceptors (Lipinski definition) is 5. The van der Waals surface area contributed by atoms with Crippen LogP contribution in [0.15, 0.2) is 42.5 Å². The topological polar surface area (TPSA) is 87.0 Å². The number of nitro groups is 1. The predicted octanol–water partition coefficient (Wildman–Crippen LogP) is 3.03. The van der Waals surface area contributed by atoms with Gasteiger partial charge in [-0.3, -0.25) is 19.7 Å². The third-order valence-corrected chi connectivity index (χ3v) is 6.40. The maximum Gasteiger partial charge on any atom is 0.282 e. The second-order valence-electron chi connectivity index (χ2n) is 8.43. The van der Waals surface area contributed by atoms with Crippen molar-refractivity contribution in [2.45, 2.75) is 26.2 Å². The molecule has 0 atom stereocenters. The number of rotatable bonds is 5. The highest BCUT2D eigenvalue weighted by molar-refractivity contribution is 5.99. The molecule has 32 heavy (non-hydrogen) atoms. The molecule has 2 aliphatic rings. The van der Waals surface area contributed by atoms with Crippen LogP contribution >= 0.6 is 0 Å². The summed E-state index contributed by atoms with van der Waals surface area (Å²) in [5.41, 5.74) is 2.93. The first-order valence-corrected chi connectivity index (χ1v) is 11.1. The van der Waals surface area contributed by atoms with Crippen LogP contribution in [0.25, 0.3) is 0 Å². The van der Waals surface area contributed by atoms with Crippen LogP contribution in [0, 0.1) is 17.0 Å². The van der Waals surface area contributed by atoms with Gasteiger partial charge in [-0.05, 0) is 43.0 Å². The molecule has 0 bridgehead atoms. The zero-order chi connectivity index (χ0) is 22.7. The van der Waals surface area contributed by atoms with E-state index in [9.17, 15) is 19.7 Å². The number of likely N-dealkylation sites (tertiary alicyclic amines) is 1. The zero-order valence-electron chi connectivity index (χ0n) is 18.3. The van der Waals surface area contributed by atoms with Crippen molar-refractivity contribution >= 4 is 23.2 Å². The molecule has 8 nitrogen and oxygen atoms in total. The second kappa shape index (κ2) is 9.38. The molecule has 4 rings (SSSR count). The maximum absolute atomic E-state index is 12.9. The van der Waals surface area contributed by atoms with E-state index in [1.165, 1.54) is 6.07 Å². The number of benzene rings is 2. The van der Waals surface area contributed by atoms with E-state index < -0.39 is 4.92 Å². The number of anilines is 1. The van der Waals surface area contributed by atoms with Gasteiger partial charge in [-0.2, -0.15) is 0 Å². The standard InChI is InChI=1S/C24H28N4O4/c1-18-6-2-3-7-19(18)16-23(29)26-14-12-25(13-15-26)20-8-9-22(28(31)32)21(17-20)24(30)27-10-4-5-11-27/h2-3,6-9,17H,4-5,10-16H2,1H3. The molecule has 2 saturated heterocycles. The van der Waals surface area contributed by atoms with Crippen molar-refractivity contribution in [1.29, 1.82) is 0 Å². The lowest BCUT2D eigenvalue weighted by Crippen LogP contribution is -2.49. The lowest BCUT2D eigenvalue weighted by Gasteiger charge is -2.36. The Hall–Kier alpha value is -3.42. The normalized spacial score (nSPS) is 16.3. The first kappa shape index (κ1) is 21.8. The van der Waals surface area contributed by atoms with Crippen LogP contribution in [0.2, 0.25) is 0 Å². The molecule has 2 heterocycles. The first-order chi connectivity index (χ1) is 15.4. The Kier molecular flexibility index (Phi) is 6.39. The van der Waals surface area contributed by atoms with Crippen molar-refractivity contribution in [2.24, 2.45) is 0 Å². The minimum atomic E-state index is -0.491. The van der Waals surface area contributed by atoms with Crippen molar-refractivity contribution in [2.75, 3.05) is 44.2 Å². The van der Waals surface area contributed by atoms with Crippen molar-refractivity contribution < 1.29 is 14.5 Å². The minimum absolute atomic E-state index is 0.104. The molecule has 2 aliphatic heterocycles. The Labute approximate surface area is 187 Å². The number of nitrogens with zero attached hydrogens (tertiary/aromatic N) is 4. The molecule has 0 radical (unpaired) electrons. The van der Waals surface area contributed by atoms with Gasteiger partial charge in [-0.1, -0.05) is 24.3 Å². The molecule has 0 spiro atoms. The van der Waals surface area contributed by atoms with E-state index in [-0.39, 0.29) is 23.1 Å². The molecule has 0 unspecified atom stereocenters. The van der Waals surface area contributed by atoms with Crippen LogP contribution in [-0.4, -0.2) is 65.8 Å². The molecule has 0 aromatic heterocycles. The number of hydrogen-bond donors (Lipinski definition) is 0. The van der Waals surface area contributed by atoms with Gasteiger partial charge in [0.25, 0.3) is 11.6 Å². The molecule has 8 heteroatoms. The second-order valence-corrected chi connectivity index (χ2v) is 8.43. The van der Waals surface area contributed by atoms with Gasteiger partial charge in [0.05, 0.1) is 11.3 Å². The highest BCUT2D eigenvalue weighted by atomic mass is 16.6. The highest BCUT2D eigenvalue weighted by Crippen LogP contribution is 2.28. The van der Waals surface area contributed by atoms with Gasteiger partial charge in [0.2, 0.25) is 5.91 Å². The number of aryl methyl sites for hydroxylation is 1. The summed E-state index contributed by atoms with van der Waals surface area (Å²) in [6, 6.07) is 12.7. The van der Waals surface area contributed by atoms with E-state index in [0.29, 0.717) is 45.7 Å². The Balaban J connectivity index is 1.44. The maximum atomic E-state index is 12.9. The average molecular weight is 437 g/mol. The molecule has 168 valence electrons. The van der Waals surface area contributed by atoms with Crippen LogP contribution in [0.5, 0.6) is 0 Å². The SMILES string of the molecule is Cc1ccccc1CC(=O)N1CCN(c2ccc([N+](=O)[O-])c(C(=O)N3CCCC3)c2)CC1. The van der Waals surface area contributed by atoms with Gasteiger partial charge in [-0.25, -0.2) is 0 Å². The van der Waals surface area contributed by atoms with Crippen molar-refractivity contribution in [3.05, 3.63) is 69.3 Å². The van der Waals surface area contributed by atoms with Crippen LogP contribution in [0.4, 0.5) is 11.4 Å².